The van der Waals surface area contributed by atoms with Gasteiger partial charge in [-0.15, -0.1) is 0 Å². The molecule has 0 saturated heterocycles. The fraction of sp³-hybridized carbons (Fsp3) is 0.100. The SMILES string of the molecule is NS(=O)(=O)c1cccc2c1C(=O)CC(=Nc1cccc(Cn3ccnc3)c1)C2=O. The van der Waals surface area contributed by atoms with Gasteiger partial charge in [0.05, 0.1) is 29.0 Å². The predicted molar refractivity (Wildman–Crippen MR) is 106 cm³/mol. The molecule has 4 rings (SSSR count). The summed E-state index contributed by atoms with van der Waals surface area (Å²) in [6.07, 6.45) is 4.93. The molecule has 0 fully saturated rings. The molecule has 2 N–H and O–H groups in total. The van der Waals surface area contributed by atoms with Crippen LogP contribution in [0.5, 0.6) is 0 Å². The van der Waals surface area contributed by atoms with Crippen LogP contribution < -0.4 is 5.14 Å². The Kier molecular flexibility index (Phi) is 4.69. The number of rotatable bonds is 4. The van der Waals surface area contributed by atoms with Crippen LogP contribution in [0.25, 0.3) is 0 Å². The summed E-state index contributed by atoms with van der Waals surface area (Å²) in [5, 5.41) is 5.19. The van der Waals surface area contributed by atoms with Crippen molar-refractivity contribution in [3.8, 4) is 0 Å². The molecule has 1 aliphatic carbocycles. The van der Waals surface area contributed by atoms with E-state index < -0.39 is 21.6 Å². The quantitative estimate of drug-likeness (QED) is 0.708. The van der Waals surface area contributed by atoms with Crippen LogP contribution in [0.15, 0.2) is 71.1 Å². The summed E-state index contributed by atoms with van der Waals surface area (Å²) >= 11 is 0. The number of hydrogen-bond donors (Lipinski definition) is 1. The summed E-state index contributed by atoms with van der Waals surface area (Å²) in [5.41, 5.74) is 1.39. The number of carbonyl (C=O) groups excluding carboxylic acids is 2. The van der Waals surface area contributed by atoms with Crippen molar-refractivity contribution < 1.29 is 18.0 Å². The van der Waals surface area contributed by atoms with E-state index >= 15 is 0 Å². The second-order valence-corrected chi connectivity index (χ2v) is 8.15. The molecule has 0 spiro atoms. The molecule has 0 bridgehead atoms. The Labute approximate surface area is 166 Å². The Bertz CT molecular complexity index is 1260. The average molecular weight is 408 g/mol. The lowest BCUT2D eigenvalue weighted by molar-refractivity contribution is 0.0962. The molecule has 8 nitrogen and oxygen atoms in total. The molecule has 0 aliphatic heterocycles. The van der Waals surface area contributed by atoms with Gasteiger partial charge in [-0.3, -0.25) is 9.59 Å². The van der Waals surface area contributed by atoms with Crippen molar-refractivity contribution in [1.82, 2.24) is 9.55 Å². The zero-order valence-electron chi connectivity index (χ0n) is 15.1. The zero-order valence-corrected chi connectivity index (χ0v) is 16.0. The van der Waals surface area contributed by atoms with Gasteiger partial charge in [-0.1, -0.05) is 24.3 Å². The van der Waals surface area contributed by atoms with Crippen molar-refractivity contribution in [3.63, 3.8) is 0 Å². The van der Waals surface area contributed by atoms with E-state index in [-0.39, 0.29) is 28.2 Å². The van der Waals surface area contributed by atoms with Crippen molar-refractivity contribution in [2.75, 3.05) is 0 Å². The van der Waals surface area contributed by atoms with Gasteiger partial charge in [0.25, 0.3) is 0 Å². The highest BCUT2D eigenvalue weighted by molar-refractivity contribution is 7.89. The minimum atomic E-state index is -4.13. The first-order valence-electron chi connectivity index (χ1n) is 8.69. The van der Waals surface area contributed by atoms with E-state index in [2.05, 4.69) is 9.98 Å². The second kappa shape index (κ2) is 7.19. The number of primary sulfonamides is 1. The Balaban J connectivity index is 1.70. The number of carbonyl (C=O) groups is 2. The third-order valence-electron chi connectivity index (χ3n) is 4.55. The largest absolute Gasteiger partial charge is 0.333 e. The van der Waals surface area contributed by atoms with Crippen LogP contribution >= 0.6 is 0 Å². The molecule has 0 radical (unpaired) electrons. The minimum absolute atomic E-state index is 0.00101. The molecule has 1 heterocycles. The summed E-state index contributed by atoms with van der Waals surface area (Å²) in [5.74, 6) is -0.984. The van der Waals surface area contributed by atoms with Gasteiger partial charge in [-0.25, -0.2) is 23.5 Å². The molecule has 3 aromatic rings. The average Bonchev–Trinajstić information content (AvgIpc) is 3.18. The fourth-order valence-corrected chi connectivity index (χ4v) is 4.06. The van der Waals surface area contributed by atoms with Crippen LogP contribution in [0, 0.1) is 0 Å². The Morgan fingerprint density at radius 3 is 2.66 bits per heavy atom. The van der Waals surface area contributed by atoms with Gasteiger partial charge in [0.2, 0.25) is 15.8 Å². The highest BCUT2D eigenvalue weighted by atomic mass is 32.2. The molecular weight excluding hydrogens is 392 g/mol. The number of ketones is 2. The Morgan fingerprint density at radius 1 is 1.14 bits per heavy atom. The van der Waals surface area contributed by atoms with Crippen LogP contribution in [0.2, 0.25) is 0 Å². The number of Topliss-reactive ketones (excluding diaryl/α,β-unsaturated/α-hetero) is 2. The Morgan fingerprint density at radius 2 is 1.93 bits per heavy atom. The second-order valence-electron chi connectivity index (χ2n) is 6.62. The van der Waals surface area contributed by atoms with Gasteiger partial charge in [0.15, 0.2) is 5.78 Å². The van der Waals surface area contributed by atoms with Gasteiger partial charge in [0.1, 0.15) is 0 Å². The number of benzene rings is 2. The fourth-order valence-electron chi connectivity index (χ4n) is 3.28. The van der Waals surface area contributed by atoms with Crippen molar-refractivity contribution in [3.05, 3.63) is 77.9 Å². The van der Waals surface area contributed by atoms with Crippen LogP contribution in [-0.2, 0) is 16.6 Å². The minimum Gasteiger partial charge on any atom is -0.333 e. The normalized spacial score (nSPS) is 15.6. The number of aliphatic imine (C=N–C) groups is 1. The first-order chi connectivity index (χ1) is 13.8. The molecule has 9 heteroatoms. The van der Waals surface area contributed by atoms with Gasteiger partial charge < -0.3 is 4.57 Å². The molecule has 0 unspecified atom stereocenters. The van der Waals surface area contributed by atoms with E-state index in [0.29, 0.717) is 12.2 Å². The standard InChI is InChI=1S/C20H16N4O4S/c21-29(27,28)18-6-2-5-15-19(18)17(25)10-16(20(15)26)23-14-4-1-3-13(9-14)11-24-8-7-22-12-24/h1-9,12H,10-11H2,(H2,21,27,28). The summed E-state index contributed by atoms with van der Waals surface area (Å²) in [6.45, 7) is 0.589. The van der Waals surface area contributed by atoms with E-state index in [4.69, 9.17) is 5.14 Å². The smallest absolute Gasteiger partial charge is 0.238 e. The Hall–Kier alpha value is -3.43. The molecule has 1 aromatic heterocycles. The molecule has 0 atom stereocenters. The molecule has 2 aromatic carbocycles. The third kappa shape index (κ3) is 3.78. The first kappa shape index (κ1) is 18.9. The number of sulfonamides is 1. The number of nitrogens with zero attached hydrogens (tertiary/aromatic N) is 3. The summed E-state index contributed by atoms with van der Waals surface area (Å²) < 4.78 is 25.4. The summed E-state index contributed by atoms with van der Waals surface area (Å²) in [6, 6.07) is 11.3. The molecule has 146 valence electrons. The molecule has 0 amide bonds. The first-order valence-corrected chi connectivity index (χ1v) is 10.2. The van der Waals surface area contributed by atoms with E-state index in [1.807, 2.05) is 29.0 Å². The molecule has 0 saturated carbocycles. The van der Waals surface area contributed by atoms with Crippen molar-refractivity contribution >= 4 is 33.0 Å². The van der Waals surface area contributed by atoms with Crippen molar-refractivity contribution in [2.24, 2.45) is 10.1 Å². The topological polar surface area (TPSA) is 124 Å². The summed E-state index contributed by atoms with van der Waals surface area (Å²) in [4.78, 5) is 33.5. The zero-order chi connectivity index (χ0) is 20.6. The summed E-state index contributed by atoms with van der Waals surface area (Å²) in [7, 11) is -4.13. The lowest BCUT2D eigenvalue weighted by atomic mass is 9.88. The maximum absolute atomic E-state index is 12.9. The maximum Gasteiger partial charge on any atom is 0.238 e. The van der Waals surface area contributed by atoms with Crippen LogP contribution in [0.3, 0.4) is 0 Å². The van der Waals surface area contributed by atoms with Gasteiger partial charge in [-0.05, 0) is 23.8 Å². The van der Waals surface area contributed by atoms with Gasteiger partial charge >= 0.3 is 0 Å². The third-order valence-corrected chi connectivity index (χ3v) is 5.50. The lowest BCUT2D eigenvalue weighted by Crippen LogP contribution is -2.30. The predicted octanol–water partition coefficient (Wildman–Crippen LogP) is 2.12. The molecule has 1 aliphatic rings. The van der Waals surface area contributed by atoms with Crippen molar-refractivity contribution in [2.45, 2.75) is 17.9 Å². The maximum atomic E-state index is 12.9. The molecular formula is C20H16N4O4S. The molecule has 29 heavy (non-hydrogen) atoms. The van der Waals surface area contributed by atoms with Crippen molar-refractivity contribution in [1.29, 1.82) is 0 Å². The van der Waals surface area contributed by atoms with E-state index in [0.717, 1.165) is 5.56 Å². The number of fused-ring (bicyclic) bond motifs is 1. The number of hydrogen-bond acceptors (Lipinski definition) is 6. The lowest BCUT2D eigenvalue weighted by Gasteiger charge is -2.18. The highest BCUT2D eigenvalue weighted by Gasteiger charge is 2.33. The van der Waals surface area contributed by atoms with Gasteiger partial charge in [0, 0.05) is 30.1 Å². The van der Waals surface area contributed by atoms with Crippen LogP contribution in [-0.4, -0.2) is 35.2 Å². The van der Waals surface area contributed by atoms with Gasteiger partial charge in [-0.2, -0.15) is 0 Å². The monoisotopic (exact) mass is 408 g/mol. The number of imidazole rings is 1. The van der Waals surface area contributed by atoms with Crippen LogP contribution in [0.4, 0.5) is 5.69 Å². The highest BCUT2D eigenvalue weighted by Crippen LogP contribution is 2.27. The van der Waals surface area contributed by atoms with Crippen LogP contribution in [0.1, 0.15) is 32.7 Å². The van der Waals surface area contributed by atoms with E-state index in [9.17, 15) is 18.0 Å². The number of aromatic nitrogens is 2. The number of nitrogens with two attached hydrogens (primary N) is 1. The van der Waals surface area contributed by atoms with E-state index in [1.54, 1.807) is 18.6 Å². The van der Waals surface area contributed by atoms with E-state index in [1.165, 1.54) is 18.2 Å².